The van der Waals surface area contributed by atoms with Gasteiger partial charge in [0.05, 0.1) is 0 Å². The third-order valence-corrected chi connectivity index (χ3v) is 0.163. The maximum absolute atomic E-state index is 3.25. The molecule has 0 fully saturated rings. The molecule has 0 bridgehead atoms. The first-order valence-electron chi connectivity index (χ1n) is 1.15. The van der Waals surface area contributed by atoms with E-state index in [2.05, 4.69) is 23.2 Å². The van der Waals surface area contributed by atoms with E-state index < -0.39 is 0 Å². The van der Waals surface area contributed by atoms with E-state index in [0.717, 1.165) is 0 Å². The molecular weight excluding hydrogens is 62.8 g/mol. The molecule has 0 atom stereocenters. The highest BCUT2D eigenvalue weighted by Gasteiger charge is 1.63. The highest BCUT2D eigenvalue weighted by molar-refractivity contribution is 6.32. The highest BCUT2D eigenvalue weighted by Crippen LogP contribution is 1.52. The van der Waals surface area contributed by atoms with Crippen molar-refractivity contribution in [2.75, 3.05) is 0 Å². The summed E-state index contributed by atoms with van der Waals surface area (Å²) in [6, 6.07) is 0. The van der Waals surface area contributed by atoms with Gasteiger partial charge in [-0.25, -0.2) is 0 Å². The minimum absolute atomic E-state index is 1.28. The van der Waals surface area contributed by atoms with E-state index in [4.69, 9.17) is 0 Å². The minimum Gasteiger partial charge on any atom is -0.332 e. The Hall–Kier alpha value is -0.595. The summed E-state index contributed by atoms with van der Waals surface area (Å²) in [5, 5.41) is 0. The van der Waals surface area contributed by atoms with Crippen LogP contribution in [0.5, 0.6) is 0 Å². The van der Waals surface area contributed by atoms with E-state index in [-0.39, 0.29) is 0 Å². The first-order valence-corrected chi connectivity index (χ1v) is 1.15. The lowest BCUT2D eigenvalue weighted by atomic mass is 10.2. The Morgan fingerprint density at radius 3 is 1.60 bits per heavy atom. The van der Waals surface area contributed by atoms with Crippen molar-refractivity contribution in [2.24, 2.45) is 9.81 Å². The molecule has 0 aromatic rings. The van der Waals surface area contributed by atoms with Gasteiger partial charge in [-0.3, -0.25) is 0 Å². The molecule has 0 saturated carbocycles. The van der Waals surface area contributed by atoms with E-state index >= 15 is 0 Å². The number of rotatable bonds is 2. The number of hydrogen-bond donors (Lipinski definition) is 0. The molecule has 0 spiro atoms. The Morgan fingerprint density at radius 2 is 1.60 bits per heavy atom. The molecule has 0 aliphatic carbocycles. The van der Waals surface area contributed by atoms with Gasteiger partial charge in [-0.05, 0) is 13.4 Å². The Morgan fingerprint density at radius 1 is 1.20 bits per heavy atom. The van der Waals surface area contributed by atoms with Crippen LogP contribution in [0.1, 0.15) is 0 Å². The zero-order valence-electron chi connectivity index (χ0n) is 2.89. The predicted molar refractivity (Wildman–Crippen MR) is 24.9 cm³/mol. The Labute approximate surface area is 31.9 Å². The van der Waals surface area contributed by atoms with Gasteiger partial charge in [0.15, 0.2) is 0 Å². The molecule has 0 aromatic heterocycles. The molecule has 0 heterocycles. The van der Waals surface area contributed by atoms with Gasteiger partial charge in [-0.2, -0.15) is 0 Å². The van der Waals surface area contributed by atoms with Crippen molar-refractivity contribution in [1.29, 1.82) is 0 Å². The quantitative estimate of drug-likeness (QED) is 0.319. The molecule has 0 aliphatic heterocycles. The summed E-state index contributed by atoms with van der Waals surface area (Å²) in [4.78, 5) is 6.50. The third-order valence-electron chi connectivity index (χ3n) is 0.163. The molecule has 5 heavy (non-hydrogen) atoms. The van der Waals surface area contributed by atoms with Gasteiger partial charge >= 0.3 is 7.55 Å². The maximum Gasteiger partial charge on any atom is 0.430 e. The van der Waals surface area contributed by atoms with Gasteiger partial charge in [0.1, 0.15) is 0 Å². The number of nitrogens with zero attached hydrogens (tertiary/aromatic N) is 2. The van der Waals surface area contributed by atoms with Gasteiger partial charge in [-0.1, -0.05) is 0 Å². The Kier molecular flexibility index (Phi) is 3.00. The van der Waals surface area contributed by atoms with E-state index in [0.29, 0.717) is 0 Å². The van der Waals surface area contributed by atoms with Crippen LogP contribution in [0.3, 0.4) is 0 Å². The van der Waals surface area contributed by atoms with Gasteiger partial charge in [0.25, 0.3) is 0 Å². The largest absolute Gasteiger partial charge is 0.430 e. The zero-order chi connectivity index (χ0) is 4.12. The first kappa shape index (κ1) is 4.40. The lowest BCUT2D eigenvalue weighted by molar-refractivity contribution is 1.77. The average Bonchev–Trinajstić information content (AvgIpc) is 1.41. The van der Waals surface area contributed by atoms with Crippen LogP contribution in [0.25, 0.3) is 0 Å². The molecular formula is C2H4BN2. The standard InChI is InChI=1S/C2H4BN2/c1-4-3-5-2/h1-2H2. The van der Waals surface area contributed by atoms with Crippen LogP contribution in [0.2, 0.25) is 0 Å². The van der Waals surface area contributed by atoms with Crippen LogP contribution >= 0.6 is 0 Å². The van der Waals surface area contributed by atoms with Gasteiger partial charge in [-0.15, -0.1) is 0 Å². The third kappa shape index (κ3) is 3.40. The van der Waals surface area contributed by atoms with Crippen LogP contribution in [0.4, 0.5) is 0 Å². The average molecular weight is 66.9 g/mol. The fraction of sp³-hybridized carbons (Fsp3) is 0. The molecule has 0 N–H and O–H groups in total. The van der Waals surface area contributed by atoms with Gasteiger partial charge < -0.3 is 9.81 Å². The van der Waals surface area contributed by atoms with E-state index in [1.54, 1.807) is 0 Å². The second kappa shape index (κ2) is 3.40. The molecule has 0 rings (SSSR count). The summed E-state index contributed by atoms with van der Waals surface area (Å²) in [6.07, 6.45) is 0. The molecule has 0 aromatic carbocycles. The van der Waals surface area contributed by atoms with Crippen molar-refractivity contribution >= 4 is 21.0 Å². The van der Waals surface area contributed by atoms with Crippen molar-refractivity contribution in [1.82, 2.24) is 0 Å². The van der Waals surface area contributed by atoms with Crippen LogP contribution in [-0.4, -0.2) is 21.0 Å². The van der Waals surface area contributed by atoms with Crippen molar-refractivity contribution in [3.63, 3.8) is 0 Å². The summed E-state index contributed by atoms with van der Waals surface area (Å²) in [5.74, 6) is 0. The lowest BCUT2D eigenvalue weighted by Gasteiger charge is -1.62. The molecule has 3 heteroatoms. The highest BCUT2D eigenvalue weighted by atomic mass is 14.7. The van der Waals surface area contributed by atoms with Crippen LogP contribution in [0, 0.1) is 0 Å². The van der Waals surface area contributed by atoms with E-state index in [1.807, 2.05) is 0 Å². The monoisotopic (exact) mass is 67.0 g/mol. The van der Waals surface area contributed by atoms with Gasteiger partial charge in [0, 0.05) is 0 Å². The first-order chi connectivity index (χ1) is 2.41. The smallest absolute Gasteiger partial charge is 0.332 e. The Balaban J connectivity index is 2.65. The molecule has 0 amide bonds. The molecule has 1 radical (unpaired) electrons. The normalized spacial score (nSPS) is 5.60. The lowest BCUT2D eigenvalue weighted by Crippen LogP contribution is -1.69. The summed E-state index contributed by atoms with van der Waals surface area (Å²) >= 11 is 0. The zero-order valence-corrected chi connectivity index (χ0v) is 2.89. The summed E-state index contributed by atoms with van der Waals surface area (Å²) in [7, 11) is 1.28. The van der Waals surface area contributed by atoms with Crippen LogP contribution in [0.15, 0.2) is 9.81 Å². The van der Waals surface area contributed by atoms with Crippen LogP contribution in [-0.2, 0) is 0 Å². The molecule has 25 valence electrons. The molecule has 2 nitrogen and oxygen atoms in total. The topological polar surface area (TPSA) is 24.7 Å². The number of hydrogen-bond acceptors (Lipinski definition) is 2. The summed E-state index contributed by atoms with van der Waals surface area (Å²) in [5.41, 5.74) is 0. The van der Waals surface area contributed by atoms with Crippen LogP contribution < -0.4 is 0 Å². The second-order valence-corrected chi connectivity index (χ2v) is 0.481. The summed E-state index contributed by atoms with van der Waals surface area (Å²) < 4.78 is 0. The molecule has 0 saturated heterocycles. The second-order valence-electron chi connectivity index (χ2n) is 0.481. The van der Waals surface area contributed by atoms with Crippen molar-refractivity contribution in [3.8, 4) is 0 Å². The summed E-state index contributed by atoms with van der Waals surface area (Å²) in [6.45, 7) is 6.22. The van der Waals surface area contributed by atoms with Crippen molar-refractivity contribution in [3.05, 3.63) is 0 Å². The maximum atomic E-state index is 3.25. The Bertz CT molecular complexity index is 36.9. The fourth-order valence-corrected chi connectivity index (χ4v) is 0.0577. The van der Waals surface area contributed by atoms with Gasteiger partial charge in [0.2, 0.25) is 0 Å². The van der Waals surface area contributed by atoms with E-state index in [9.17, 15) is 0 Å². The van der Waals surface area contributed by atoms with Crippen molar-refractivity contribution < 1.29 is 0 Å². The van der Waals surface area contributed by atoms with Crippen molar-refractivity contribution in [2.45, 2.75) is 0 Å². The molecule has 0 unspecified atom stereocenters. The minimum atomic E-state index is 1.28. The SMILES string of the molecule is C=N[B]N=C. The predicted octanol–water partition coefficient (Wildman–Crippen LogP) is -0.0782. The molecule has 0 aliphatic rings. The van der Waals surface area contributed by atoms with E-state index in [1.165, 1.54) is 7.55 Å². The fourth-order valence-electron chi connectivity index (χ4n) is 0.0577.